The van der Waals surface area contributed by atoms with Gasteiger partial charge in [-0.15, -0.1) is 0 Å². The lowest BCUT2D eigenvalue weighted by Gasteiger charge is -2.09. The van der Waals surface area contributed by atoms with Crippen LogP contribution in [0.5, 0.6) is 0 Å². The number of hydrogen-bond donors (Lipinski definition) is 0. The second kappa shape index (κ2) is 6.11. The highest BCUT2D eigenvalue weighted by Crippen LogP contribution is 2.23. The maximum Gasteiger partial charge on any atom is 0.175 e. The number of hydrogen-bond acceptors (Lipinski definition) is 4. The Morgan fingerprint density at radius 1 is 1.28 bits per heavy atom. The van der Waals surface area contributed by atoms with E-state index < -0.39 is 0 Å². The van der Waals surface area contributed by atoms with Crippen LogP contribution in [0.25, 0.3) is 0 Å². The number of thioether (sulfide) groups is 1. The van der Waals surface area contributed by atoms with Crippen molar-refractivity contribution in [1.82, 2.24) is 9.97 Å². The van der Waals surface area contributed by atoms with Crippen LogP contribution in [0.2, 0.25) is 0 Å². The van der Waals surface area contributed by atoms with Gasteiger partial charge in [-0.1, -0.05) is 39.8 Å². The van der Waals surface area contributed by atoms with E-state index in [1.54, 1.807) is 12.3 Å². The van der Waals surface area contributed by atoms with Crippen LogP contribution in [0, 0.1) is 0 Å². The number of ketones is 1. The van der Waals surface area contributed by atoms with Crippen LogP contribution in [-0.2, 0) is 0 Å². The molecule has 0 aliphatic rings. The summed E-state index contributed by atoms with van der Waals surface area (Å²) < 4.78 is 0.968. The van der Waals surface area contributed by atoms with Gasteiger partial charge in [0.1, 0.15) is 11.4 Å². The monoisotopic (exact) mass is 322 g/mol. The molecule has 0 amide bonds. The molecule has 0 saturated carbocycles. The van der Waals surface area contributed by atoms with E-state index in [-0.39, 0.29) is 11.0 Å². The molecule has 2 rings (SSSR count). The highest BCUT2D eigenvalue weighted by Gasteiger charge is 2.16. The molecule has 2 aromatic rings. The summed E-state index contributed by atoms with van der Waals surface area (Å²) in [6.07, 6.45) is 3.16. The first kappa shape index (κ1) is 13.2. The fourth-order valence-corrected chi connectivity index (χ4v) is 2.55. The van der Waals surface area contributed by atoms with Gasteiger partial charge < -0.3 is 0 Å². The molecular weight excluding hydrogens is 312 g/mol. The van der Waals surface area contributed by atoms with E-state index in [1.165, 1.54) is 18.1 Å². The van der Waals surface area contributed by atoms with Crippen LogP contribution in [-0.4, -0.2) is 21.0 Å². The van der Waals surface area contributed by atoms with E-state index in [0.29, 0.717) is 5.56 Å². The second-order valence-electron chi connectivity index (χ2n) is 3.68. The van der Waals surface area contributed by atoms with Crippen LogP contribution in [0.3, 0.4) is 0 Å². The second-order valence-corrected chi connectivity index (χ2v) is 5.96. The third-order valence-electron chi connectivity index (χ3n) is 2.35. The molecular formula is C13H11BrN2OS. The van der Waals surface area contributed by atoms with E-state index in [0.717, 1.165) is 9.50 Å². The zero-order valence-corrected chi connectivity index (χ0v) is 12.1. The molecule has 1 heterocycles. The Bertz CT molecular complexity index is 530. The molecule has 0 spiro atoms. The summed E-state index contributed by atoms with van der Waals surface area (Å²) in [5, 5.41) is 0.643. The molecule has 0 aliphatic carbocycles. The van der Waals surface area contributed by atoms with Gasteiger partial charge >= 0.3 is 0 Å². The van der Waals surface area contributed by atoms with Crippen LogP contribution in [0.4, 0.5) is 0 Å². The maximum absolute atomic E-state index is 12.2. The summed E-state index contributed by atoms with van der Waals surface area (Å²) in [5.74, 6) is 0.103. The minimum absolute atomic E-state index is 0.103. The fraction of sp³-hybridized carbons (Fsp3) is 0.154. The van der Waals surface area contributed by atoms with Crippen molar-refractivity contribution < 1.29 is 4.79 Å². The lowest BCUT2D eigenvalue weighted by molar-refractivity contribution is 0.0994. The molecule has 0 N–H and O–H groups in total. The predicted octanol–water partition coefficient (Wildman–Crippen LogP) is 3.60. The van der Waals surface area contributed by atoms with E-state index in [9.17, 15) is 4.79 Å². The number of benzene rings is 1. The average molecular weight is 323 g/mol. The molecule has 0 fully saturated rings. The van der Waals surface area contributed by atoms with Gasteiger partial charge in [0.15, 0.2) is 5.78 Å². The summed E-state index contributed by atoms with van der Waals surface area (Å²) in [7, 11) is 0. The maximum atomic E-state index is 12.2. The Kier molecular flexibility index (Phi) is 4.49. The number of carbonyl (C=O) groups excluding carboxylic acids is 1. The van der Waals surface area contributed by atoms with Crippen molar-refractivity contribution in [1.29, 1.82) is 0 Å². The molecule has 18 heavy (non-hydrogen) atoms. The highest BCUT2D eigenvalue weighted by atomic mass is 79.9. The molecule has 1 unspecified atom stereocenters. The van der Waals surface area contributed by atoms with E-state index in [2.05, 4.69) is 25.9 Å². The number of nitrogens with zero attached hydrogens (tertiary/aromatic N) is 2. The molecule has 0 radical (unpaired) electrons. The lowest BCUT2D eigenvalue weighted by atomic mass is 10.1. The fourth-order valence-electron chi connectivity index (χ4n) is 1.43. The average Bonchev–Trinajstić information content (AvgIpc) is 2.40. The van der Waals surface area contributed by atoms with E-state index >= 15 is 0 Å². The Labute approximate surface area is 118 Å². The molecule has 92 valence electrons. The smallest absolute Gasteiger partial charge is 0.175 e. The Balaban J connectivity index is 2.07. The number of rotatable bonds is 4. The molecule has 3 nitrogen and oxygen atoms in total. The van der Waals surface area contributed by atoms with Gasteiger partial charge in [-0.25, -0.2) is 9.97 Å². The molecule has 0 saturated heterocycles. The first-order valence-corrected chi connectivity index (χ1v) is 7.06. The summed E-state index contributed by atoms with van der Waals surface area (Å²) in [6.45, 7) is 1.89. The number of halogens is 1. The molecule has 5 heteroatoms. The first-order valence-electron chi connectivity index (χ1n) is 5.39. The quantitative estimate of drug-likeness (QED) is 0.490. The van der Waals surface area contributed by atoms with Crippen LogP contribution < -0.4 is 0 Å². The lowest BCUT2D eigenvalue weighted by Crippen LogP contribution is -2.13. The molecule has 1 atom stereocenters. The minimum Gasteiger partial charge on any atom is -0.293 e. The summed E-state index contributed by atoms with van der Waals surface area (Å²) in [4.78, 5) is 20.1. The van der Waals surface area contributed by atoms with Crippen molar-refractivity contribution >= 4 is 33.5 Å². The van der Waals surface area contributed by atoms with Crippen molar-refractivity contribution in [3.05, 3.63) is 52.9 Å². The Morgan fingerprint density at radius 2 is 2.00 bits per heavy atom. The van der Waals surface area contributed by atoms with Gasteiger partial charge in [-0.05, 0) is 25.1 Å². The minimum atomic E-state index is -0.166. The van der Waals surface area contributed by atoms with Crippen molar-refractivity contribution in [2.24, 2.45) is 0 Å². The van der Waals surface area contributed by atoms with Gasteiger partial charge in [-0.2, -0.15) is 0 Å². The topological polar surface area (TPSA) is 42.9 Å². The number of carbonyl (C=O) groups is 1. The van der Waals surface area contributed by atoms with Crippen molar-refractivity contribution in [2.45, 2.75) is 17.2 Å². The Hall–Kier alpha value is -1.20. The normalized spacial score (nSPS) is 12.1. The van der Waals surface area contributed by atoms with E-state index in [4.69, 9.17) is 0 Å². The number of aromatic nitrogens is 2. The summed E-state index contributed by atoms with van der Waals surface area (Å²) in [5.41, 5.74) is 0.715. The van der Waals surface area contributed by atoms with Crippen LogP contribution in [0.15, 0.2) is 52.4 Å². The molecule has 0 bridgehead atoms. The SMILES string of the molecule is CC(Sc1ccncn1)C(=O)c1ccc(Br)cc1. The summed E-state index contributed by atoms with van der Waals surface area (Å²) >= 11 is 4.79. The third-order valence-corrected chi connectivity index (χ3v) is 3.93. The molecule has 1 aromatic carbocycles. The van der Waals surface area contributed by atoms with Crippen molar-refractivity contribution in [3.63, 3.8) is 0 Å². The predicted molar refractivity (Wildman–Crippen MR) is 75.8 cm³/mol. The zero-order chi connectivity index (χ0) is 13.0. The van der Waals surface area contributed by atoms with E-state index in [1.807, 2.05) is 31.2 Å². The van der Waals surface area contributed by atoms with Gasteiger partial charge in [0.25, 0.3) is 0 Å². The number of Topliss-reactive ketones (excluding diaryl/α,β-unsaturated/α-hetero) is 1. The Morgan fingerprint density at radius 3 is 2.61 bits per heavy atom. The van der Waals surface area contributed by atoms with Crippen molar-refractivity contribution in [3.8, 4) is 0 Å². The first-order chi connectivity index (χ1) is 8.66. The van der Waals surface area contributed by atoms with Crippen LogP contribution in [0.1, 0.15) is 17.3 Å². The highest BCUT2D eigenvalue weighted by molar-refractivity contribution is 9.10. The van der Waals surface area contributed by atoms with Gasteiger partial charge in [0.05, 0.1) is 5.25 Å². The van der Waals surface area contributed by atoms with Crippen molar-refractivity contribution in [2.75, 3.05) is 0 Å². The molecule has 1 aromatic heterocycles. The largest absolute Gasteiger partial charge is 0.293 e. The van der Waals surface area contributed by atoms with Crippen LogP contribution >= 0.6 is 27.7 Å². The molecule has 0 aliphatic heterocycles. The van der Waals surface area contributed by atoms with Gasteiger partial charge in [0, 0.05) is 16.2 Å². The standard InChI is InChI=1S/C13H11BrN2OS/c1-9(18-12-6-7-15-8-16-12)13(17)10-2-4-11(14)5-3-10/h2-9H,1H3. The zero-order valence-electron chi connectivity index (χ0n) is 9.71. The van der Waals surface area contributed by atoms with Gasteiger partial charge in [0.2, 0.25) is 0 Å². The van der Waals surface area contributed by atoms with Gasteiger partial charge in [-0.3, -0.25) is 4.79 Å². The summed E-state index contributed by atoms with van der Waals surface area (Å²) in [6, 6.07) is 9.19. The third kappa shape index (κ3) is 3.40.